The summed E-state index contributed by atoms with van der Waals surface area (Å²) >= 11 is 0. The van der Waals surface area contributed by atoms with E-state index in [1.807, 2.05) is 25.8 Å². The van der Waals surface area contributed by atoms with E-state index in [9.17, 15) is 22.8 Å². The summed E-state index contributed by atoms with van der Waals surface area (Å²) in [5.41, 5.74) is -2.03. The van der Waals surface area contributed by atoms with Crippen LogP contribution in [0.1, 0.15) is 29.8 Å². The molecule has 1 fully saturated rings. The number of anilines is 2. The van der Waals surface area contributed by atoms with Crippen LogP contribution in [0.4, 0.5) is 28.9 Å². The lowest BCUT2D eigenvalue weighted by atomic mass is 10.0. The Morgan fingerprint density at radius 1 is 1.17 bits per heavy atom. The molecule has 0 aliphatic carbocycles. The number of amides is 1. The van der Waals surface area contributed by atoms with Crippen LogP contribution in [-0.2, 0) is 6.18 Å². The first-order valence-corrected chi connectivity index (χ1v) is 11.3. The number of aromatic amines is 1. The maximum absolute atomic E-state index is 15.3. The molecule has 0 radical (unpaired) electrons. The summed E-state index contributed by atoms with van der Waals surface area (Å²) in [6, 6.07) is 6.49. The minimum absolute atomic E-state index is 0.106. The van der Waals surface area contributed by atoms with Gasteiger partial charge in [-0.05, 0) is 39.1 Å². The third kappa shape index (κ3) is 5.11. The van der Waals surface area contributed by atoms with Gasteiger partial charge in [-0.1, -0.05) is 6.07 Å². The first kappa shape index (κ1) is 25.4. The number of carbonyl (C=O) groups excluding carboxylic acids is 1. The number of nitrogens with one attached hydrogen (secondary N) is 2. The van der Waals surface area contributed by atoms with E-state index in [1.54, 1.807) is 12.1 Å². The number of piperazine rings is 1. The third-order valence-corrected chi connectivity index (χ3v) is 6.48. The van der Waals surface area contributed by atoms with Gasteiger partial charge in [-0.3, -0.25) is 19.5 Å². The number of rotatable bonds is 4. The van der Waals surface area contributed by atoms with Gasteiger partial charge in [0.25, 0.3) is 5.91 Å². The fourth-order valence-corrected chi connectivity index (χ4v) is 4.35. The van der Waals surface area contributed by atoms with Gasteiger partial charge in [0.15, 0.2) is 0 Å². The lowest BCUT2D eigenvalue weighted by Crippen LogP contribution is -2.55. The topological polar surface area (TPSA) is 81.3 Å². The lowest BCUT2D eigenvalue weighted by Gasteiger charge is -2.44. The Morgan fingerprint density at radius 3 is 2.47 bits per heavy atom. The van der Waals surface area contributed by atoms with Crippen LogP contribution in [0.15, 0.2) is 53.7 Å². The highest BCUT2D eigenvalue weighted by Gasteiger charge is 2.36. The van der Waals surface area contributed by atoms with Gasteiger partial charge in [-0.25, -0.2) is 4.39 Å². The maximum atomic E-state index is 15.3. The minimum atomic E-state index is -4.92. The molecule has 1 amide bonds. The Morgan fingerprint density at radius 2 is 1.86 bits per heavy atom. The standard InChI is InChI=1S/C25H25F4N5O2/c1-14-12-34(13-15(2)33(14)3)22-9-20(26)17(16-5-4-6-30-10-16)7-21(22)32-24(36)18-11-31-23(35)8-19(18)25(27,28)29/h4-11,14-15H,12-13H2,1-3H3,(H,31,35)(H,32,36)/t14-,15+. The summed E-state index contributed by atoms with van der Waals surface area (Å²) in [6.45, 7) is 5.05. The van der Waals surface area contributed by atoms with Crippen molar-refractivity contribution in [1.82, 2.24) is 14.9 Å². The van der Waals surface area contributed by atoms with E-state index >= 15 is 4.39 Å². The molecule has 11 heteroatoms. The number of benzene rings is 1. The smallest absolute Gasteiger partial charge is 0.367 e. The number of pyridine rings is 2. The molecule has 3 aromatic rings. The van der Waals surface area contributed by atoms with Gasteiger partial charge in [0, 0.05) is 61.0 Å². The molecule has 36 heavy (non-hydrogen) atoms. The predicted octanol–water partition coefficient (Wildman–Crippen LogP) is 4.38. The molecule has 2 N–H and O–H groups in total. The van der Waals surface area contributed by atoms with Crippen molar-refractivity contribution >= 4 is 17.3 Å². The summed E-state index contributed by atoms with van der Waals surface area (Å²) in [6.07, 6.45) is -1.21. The van der Waals surface area contributed by atoms with Crippen molar-refractivity contribution in [2.24, 2.45) is 0 Å². The van der Waals surface area contributed by atoms with Crippen molar-refractivity contribution in [3.63, 3.8) is 0 Å². The summed E-state index contributed by atoms with van der Waals surface area (Å²) in [5, 5.41) is 2.53. The van der Waals surface area contributed by atoms with Gasteiger partial charge in [0.2, 0.25) is 5.56 Å². The second kappa shape index (κ2) is 9.73. The zero-order valence-electron chi connectivity index (χ0n) is 19.9. The number of H-pyrrole nitrogens is 1. The SMILES string of the molecule is C[C@@H]1CN(c2cc(F)c(-c3cccnc3)cc2NC(=O)c2c[nH]c(=O)cc2C(F)(F)F)C[C@H](C)N1C. The van der Waals surface area contributed by atoms with Crippen LogP contribution in [0.25, 0.3) is 11.1 Å². The van der Waals surface area contributed by atoms with Gasteiger partial charge >= 0.3 is 6.18 Å². The van der Waals surface area contributed by atoms with Crippen molar-refractivity contribution in [1.29, 1.82) is 0 Å². The van der Waals surface area contributed by atoms with Crippen LogP contribution in [0, 0.1) is 5.82 Å². The quantitative estimate of drug-likeness (QED) is 0.517. The normalized spacial score (nSPS) is 18.8. The van der Waals surface area contributed by atoms with Gasteiger partial charge in [0.05, 0.1) is 22.5 Å². The fraction of sp³-hybridized carbons (Fsp3) is 0.320. The monoisotopic (exact) mass is 503 g/mol. The van der Waals surface area contributed by atoms with Crippen molar-refractivity contribution < 1.29 is 22.4 Å². The number of likely N-dealkylation sites (N-methyl/N-ethyl adjacent to an activating group) is 1. The van der Waals surface area contributed by atoms with E-state index in [0.717, 1.165) is 6.20 Å². The average molecular weight is 504 g/mol. The number of halogens is 4. The Labute approximate surface area is 204 Å². The molecular formula is C25H25F4N5O2. The Bertz CT molecular complexity index is 1310. The molecule has 190 valence electrons. The van der Waals surface area contributed by atoms with E-state index in [0.29, 0.717) is 30.4 Å². The summed E-state index contributed by atoms with van der Waals surface area (Å²) < 4.78 is 56.0. The van der Waals surface area contributed by atoms with E-state index in [1.165, 1.54) is 24.5 Å². The molecule has 0 saturated carbocycles. The molecule has 3 heterocycles. The number of hydrogen-bond donors (Lipinski definition) is 2. The maximum Gasteiger partial charge on any atom is 0.417 e. The van der Waals surface area contributed by atoms with Crippen LogP contribution in [0.3, 0.4) is 0 Å². The van der Waals surface area contributed by atoms with E-state index < -0.39 is 34.6 Å². The average Bonchev–Trinajstić information content (AvgIpc) is 2.83. The second-order valence-corrected chi connectivity index (χ2v) is 8.94. The molecule has 1 aliphatic rings. The molecule has 4 rings (SSSR count). The molecule has 7 nitrogen and oxygen atoms in total. The van der Waals surface area contributed by atoms with E-state index in [4.69, 9.17) is 0 Å². The molecule has 1 aromatic carbocycles. The van der Waals surface area contributed by atoms with Crippen LogP contribution in [0.2, 0.25) is 0 Å². The minimum Gasteiger partial charge on any atom is -0.367 e. The summed E-state index contributed by atoms with van der Waals surface area (Å²) in [5.74, 6) is -1.64. The number of nitrogens with zero attached hydrogens (tertiary/aromatic N) is 3. The first-order valence-electron chi connectivity index (χ1n) is 11.3. The summed E-state index contributed by atoms with van der Waals surface area (Å²) in [4.78, 5) is 34.8. The van der Waals surface area contributed by atoms with Gasteiger partial charge < -0.3 is 15.2 Å². The van der Waals surface area contributed by atoms with E-state index in [-0.39, 0.29) is 23.3 Å². The largest absolute Gasteiger partial charge is 0.417 e. The number of carbonyl (C=O) groups is 1. The number of hydrogen-bond acceptors (Lipinski definition) is 5. The molecule has 0 unspecified atom stereocenters. The Balaban J connectivity index is 1.81. The van der Waals surface area contributed by atoms with Gasteiger partial charge in [-0.15, -0.1) is 0 Å². The molecule has 2 aromatic heterocycles. The second-order valence-electron chi connectivity index (χ2n) is 8.94. The molecule has 1 aliphatic heterocycles. The van der Waals surface area contributed by atoms with Crippen molar-refractivity contribution in [2.75, 3.05) is 30.4 Å². The van der Waals surface area contributed by atoms with Crippen LogP contribution in [0.5, 0.6) is 0 Å². The predicted molar refractivity (Wildman–Crippen MR) is 129 cm³/mol. The van der Waals surface area contributed by atoms with Crippen LogP contribution < -0.4 is 15.8 Å². The summed E-state index contributed by atoms with van der Waals surface area (Å²) in [7, 11) is 1.98. The van der Waals surface area contributed by atoms with Crippen molar-refractivity contribution in [3.8, 4) is 11.1 Å². The fourth-order valence-electron chi connectivity index (χ4n) is 4.35. The molecular weight excluding hydrogens is 478 g/mol. The molecule has 2 atom stereocenters. The zero-order chi connectivity index (χ0) is 26.2. The van der Waals surface area contributed by atoms with Crippen LogP contribution in [-0.4, -0.2) is 53.0 Å². The third-order valence-electron chi connectivity index (χ3n) is 6.48. The van der Waals surface area contributed by atoms with Crippen molar-refractivity contribution in [2.45, 2.75) is 32.1 Å². The Hall–Kier alpha value is -3.73. The molecule has 0 bridgehead atoms. The zero-order valence-corrected chi connectivity index (χ0v) is 19.9. The number of alkyl halides is 3. The highest BCUT2D eigenvalue weighted by molar-refractivity contribution is 6.07. The molecule has 1 saturated heterocycles. The number of aromatic nitrogens is 2. The lowest BCUT2D eigenvalue weighted by molar-refractivity contribution is -0.138. The highest BCUT2D eigenvalue weighted by atomic mass is 19.4. The van der Waals surface area contributed by atoms with Gasteiger partial charge in [0.1, 0.15) is 5.82 Å². The van der Waals surface area contributed by atoms with Crippen molar-refractivity contribution in [3.05, 3.63) is 76.2 Å². The Kier molecular flexibility index (Phi) is 6.85. The highest BCUT2D eigenvalue weighted by Crippen LogP contribution is 2.37. The first-order chi connectivity index (χ1) is 17.0. The van der Waals surface area contributed by atoms with Gasteiger partial charge in [-0.2, -0.15) is 13.2 Å². The van der Waals surface area contributed by atoms with Crippen LogP contribution >= 0.6 is 0 Å². The van der Waals surface area contributed by atoms with E-state index in [2.05, 4.69) is 20.2 Å². The molecule has 0 spiro atoms.